The molecule has 0 aliphatic carbocycles. The van der Waals surface area contributed by atoms with Crippen molar-refractivity contribution in [2.75, 3.05) is 38.0 Å². The Morgan fingerprint density at radius 3 is 2.44 bits per heavy atom. The van der Waals surface area contributed by atoms with Gasteiger partial charge in [-0.05, 0) is 38.1 Å². The Labute approximate surface area is 168 Å². The van der Waals surface area contributed by atoms with Crippen molar-refractivity contribution in [3.8, 4) is 0 Å². The van der Waals surface area contributed by atoms with Crippen LogP contribution in [0, 0.1) is 13.8 Å². The van der Waals surface area contributed by atoms with Crippen LogP contribution in [0.2, 0.25) is 10.0 Å². The number of piperazine rings is 1. The van der Waals surface area contributed by atoms with E-state index in [0.29, 0.717) is 53.2 Å². The standard InChI is InChI=1S/C19H21Cl2N3O3/c1-12-9-15(13(2)27-12)19(26)24-7-5-23(6-8-24)11-18(25)22-17-10-14(20)3-4-16(17)21/h3-4,9-10H,5-8,11H2,1-2H3,(H,22,25). The van der Waals surface area contributed by atoms with E-state index in [0.717, 1.165) is 5.76 Å². The number of benzene rings is 1. The molecule has 1 aromatic heterocycles. The normalized spacial score (nSPS) is 15.0. The summed E-state index contributed by atoms with van der Waals surface area (Å²) in [4.78, 5) is 28.7. The number of anilines is 1. The van der Waals surface area contributed by atoms with Crippen LogP contribution in [0.5, 0.6) is 0 Å². The van der Waals surface area contributed by atoms with Gasteiger partial charge in [0, 0.05) is 31.2 Å². The third-order valence-electron chi connectivity index (χ3n) is 4.50. The van der Waals surface area contributed by atoms with E-state index >= 15 is 0 Å². The number of hydrogen-bond donors (Lipinski definition) is 1. The minimum absolute atomic E-state index is 0.0286. The fourth-order valence-electron chi connectivity index (χ4n) is 3.11. The Balaban J connectivity index is 1.52. The van der Waals surface area contributed by atoms with Crippen LogP contribution >= 0.6 is 23.2 Å². The second-order valence-electron chi connectivity index (χ2n) is 6.57. The molecule has 2 aromatic rings. The highest BCUT2D eigenvalue weighted by Crippen LogP contribution is 2.25. The first-order valence-electron chi connectivity index (χ1n) is 8.67. The van der Waals surface area contributed by atoms with Gasteiger partial charge in [-0.3, -0.25) is 14.5 Å². The van der Waals surface area contributed by atoms with E-state index in [1.165, 1.54) is 0 Å². The lowest BCUT2D eigenvalue weighted by atomic mass is 10.2. The summed E-state index contributed by atoms with van der Waals surface area (Å²) in [5.41, 5.74) is 1.10. The molecule has 2 amide bonds. The van der Waals surface area contributed by atoms with Crippen LogP contribution in [0.1, 0.15) is 21.9 Å². The molecule has 2 heterocycles. The molecule has 1 N–H and O–H groups in total. The summed E-state index contributed by atoms with van der Waals surface area (Å²) < 4.78 is 5.44. The molecular formula is C19H21Cl2N3O3. The van der Waals surface area contributed by atoms with Crippen molar-refractivity contribution in [3.63, 3.8) is 0 Å². The molecule has 27 heavy (non-hydrogen) atoms. The van der Waals surface area contributed by atoms with Crippen LogP contribution in [0.3, 0.4) is 0 Å². The molecule has 6 nitrogen and oxygen atoms in total. The lowest BCUT2D eigenvalue weighted by Crippen LogP contribution is -2.50. The lowest BCUT2D eigenvalue weighted by molar-refractivity contribution is -0.117. The van der Waals surface area contributed by atoms with Crippen LogP contribution in [-0.2, 0) is 4.79 Å². The molecule has 0 unspecified atom stereocenters. The second kappa shape index (κ2) is 8.33. The third kappa shape index (κ3) is 4.83. The predicted octanol–water partition coefficient (Wildman–Crippen LogP) is 3.60. The summed E-state index contributed by atoms with van der Waals surface area (Å²) >= 11 is 12.0. The van der Waals surface area contributed by atoms with Gasteiger partial charge in [0.1, 0.15) is 11.5 Å². The van der Waals surface area contributed by atoms with Gasteiger partial charge in [-0.15, -0.1) is 0 Å². The van der Waals surface area contributed by atoms with Gasteiger partial charge in [-0.2, -0.15) is 0 Å². The Morgan fingerprint density at radius 2 is 1.81 bits per heavy atom. The number of nitrogens with one attached hydrogen (secondary N) is 1. The van der Waals surface area contributed by atoms with E-state index in [-0.39, 0.29) is 18.4 Å². The van der Waals surface area contributed by atoms with E-state index in [1.807, 2.05) is 11.8 Å². The molecule has 144 valence electrons. The molecule has 0 spiro atoms. The number of halogens is 2. The fourth-order valence-corrected chi connectivity index (χ4v) is 3.45. The molecule has 3 rings (SSSR count). The summed E-state index contributed by atoms with van der Waals surface area (Å²) in [5, 5.41) is 3.72. The molecule has 1 saturated heterocycles. The third-order valence-corrected chi connectivity index (χ3v) is 5.07. The largest absolute Gasteiger partial charge is 0.466 e. The number of furan rings is 1. The molecule has 0 saturated carbocycles. The number of carbonyl (C=O) groups is 2. The number of hydrogen-bond acceptors (Lipinski definition) is 4. The highest BCUT2D eigenvalue weighted by atomic mass is 35.5. The van der Waals surface area contributed by atoms with Crippen molar-refractivity contribution in [1.82, 2.24) is 9.80 Å². The van der Waals surface area contributed by atoms with Crippen molar-refractivity contribution < 1.29 is 14.0 Å². The maximum absolute atomic E-state index is 12.6. The predicted molar refractivity (Wildman–Crippen MR) is 106 cm³/mol. The second-order valence-corrected chi connectivity index (χ2v) is 7.41. The van der Waals surface area contributed by atoms with E-state index in [1.54, 1.807) is 36.1 Å². The minimum Gasteiger partial charge on any atom is -0.466 e. The quantitative estimate of drug-likeness (QED) is 0.837. The Kier molecular flexibility index (Phi) is 6.09. The summed E-state index contributed by atoms with van der Waals surface area (Å²) in [6.45, 7) is 6.22. The zero-order valence-electron chi connectivity index (χ0n) is 15.2. The first-order valence-corrected chi connectivity index (χ1v) is 9.42. The molecule has 0 bridgehead atoms. The van der Waals surface area contributed by atoms with Gasteiger partial charge in [0.2, 0.25) is 5.91 Å². The zero-order chi connectivity index (χ0) is 19.6. The molecular weight excluding hydrogens is 389 g/mol. The molecule has 1 fully saturated rings. The van der Waals surface area contributed by atoms with Crippen LogP contribution in [0.15, 0.2) is 28.7 Å². The molecule has 0 radical (unpaired) electrons. The van der Waals surface area contributed by atoms with E-state index in [9.17, 15) is 9.59 Å². The lowest BCUT2D eigenvalue weighted by Gasteiger charge is -2.34. The van der Waals surface area contributed by atoms with Crippen LogP contribution in [0.4, 0.5) is 5.69 Å². The number of nitrogens with zero attached hydrogens (tertiary/aromatic N) is 2. The summed E-state index contributed by atoms with van der Waals surface area (Å²) in [7, 11) is 0. The highest BCUT2D eigenvalue weighted by molar-refractivity contribution is 6.35. The smallest absolute Gasteiger partial charge is 0.257 e. The van der Waals surface area contributed by atoms with Gasteiger partial charge in [0.05, 0.1) is 22.8 Å². The average Bonchev–Trinajstić information content (AvgIpc) is 2.96. The van der Waals surface area contributed by atoms with Gasteiger partial charge in [0.25, 0.3) is 5.91 Å². The Bertz CT molecular complexity index is 858. The fraction of sp³-hybridized carbons (Fsp3) is 0.368. The van der Waals surface area contributed by atoms with Gasteiger partial charge >= 0.3 is 0 Å². The van der Waals surface area contributed by atoms with Crippen molar-refractivity contribution in [1.29, 1.82) is 0 Å². The van der Waals surface area contributed by atoms with Crippen LogP contribution < -0.4 is 5.32 Å². The van der Waals surface area contributed by atoms with E-state index in [2.05, 4.69) is 5.32 Å². The first-order chi connectivity index (χ1) is 12.8. The summed E-state index contributed by atoms with van der Waals surface area (Å²) in [6.07, 6.45) is 0. The van der Waals surface area contributed by atoms with E-state index in [4.69, 9.17) is 27.6 Å². The Hall–Kier alpha value is -2.02. The molecule has 8 heteroatoms. The molecule has 1 aromatic carbocycles. The highest BCUT2D eigenvalue weighted by Gasteiger charge is 2.25. The van der Waals surface area contributed by atoms with Gasteiger partial charge in [-0.1, -0.05) is 23.2 Å². The number of carbonyl (C=O) groups excluding carboxylic acids is 2. The molecule has 1 aliphatic heterocycles. The first kappa shape index (κ1) is 19.7. The maximum Gasteiger partial charge on any atom is 0.257 e. The van der Waals surface area contributed by atoms with Crippen molar-refractivity contribution in [2.24, 2.45) is 0 Å². The minimum atomic E-state index is -0.166. The van der Waals surface area contributed by atoms with Crippen LogP contribution in [-0.4, -0.2) is 54.3 Å². The molecule has 1 aliphatic rings. The maximum atomic E-state index is 12.6. The topological polar surface area (TPSA) is 65.8 Å². The monoisotopic (exact) mass is 409 g/mol. The van der Waals surface area contributed by atoms with Crippen molar-refractivity contribution in [2.45, 2.75) is 13.8 Å². The summed E-state index contributed by atoms with van der Waals surface area (Å²) in [6, 6.07) is 6.70. The van der Waals surface area contributed by atoms with E-state index < -0.39 is 0 Å². The van der Waals surface area contributed by atoms with Gasteiger partial charge in [0.15, 0.2) is 0 Å². The average molecular weight is 410 g/mol. The van der Waals surface area contributed by atoms with Crippen molar-refractivity contribution >= 4 is 40.7 Å². The van der Waals surface area contributed by atoms with Crippen LogP contribution in [0.25, 0.3) is 0 Å². The van der Waals surface area contributed by atoms with Gasteiger partial charge < -0.3 is 14.6 Å². The zero-order valence-corrected chi connectivity index (χ0v) is 16.7. The Morgan fingerprint density at radius 1 is 1.11 bits per heavy atom. The van der Waals surface area contributed by atoms with Crippen molar-refractivity contribution in [3.05, 3.63) is 51.4 Å². The summed E-state index contributed by atoms with van der Waals surface area (Å²) in [5.74, 6) is 1.17. The number of aryl methyl sites for hydroxylation is 2. The molecule has 0 atom stereocenters. The number of rotatable bonds is 4. The SMILES string of the molecule is Cc1cc(C(=O)N2CCN(CC(=O)Nc3cc(Cl)ccc3Cl)CC2)c(C)o1. The number of amides is 2. The van der Waals surface area contributed by atoms with Gasteiger partial charge in [-0.25, -0.2) is 0 Å².